The van der Waals surface area contributed by atoms with Crippen molar-refractivity contribution in [3.63, 3.8) is 0 Å². The van der Waals surface area contributed by atoms with Crippen molar-refractivity contribution in [2.75, 3.05) is 25.0 Å². The number of nitrogens with zero attached hydrogens (tertiary/aromatic N) is 1. The maximum Gasteiger partial charge on any atom is 0.313 e. The summed E-state index contributed by atoms with van der Waals surface area (Å²) >= 11 is 0. The fraction of sp³-hybridized carbons (Fsp3) is 0.375. The molecule has 2 amide bonds. The Morgan fingerprint density at radius 1 is 1.00 bits per heavy atom. The molecule has 1 N–H and O–H groups in total. The first-order valence-corrected chi connectivity index (χ1v) is 10.3. The van der Waals surface area contributed by atoms with Gasteiger partial charge >= 0.3 is 5.97 Å². The molecule has 2 aromatic carbocycles. The number of carbonyl (C=O) groups excluding carboxylic acids is 3. The Morgan fingerprint density at radius 3 is 2.30 bits per heavy atom. The predicted octanol–water partition coefficient (Wildman–Crippen LogP) is 3.91. The topological polar surface area (TPSA) is 75.7 Å². The highest BCUT2D eigenvalue weighted by Gasteiger charge is 2.23. The van der Waals surface area contributed by atoms with Crippen LogP contribution in [0, 0.1) is 6.92 Å². The smallest absolute Gasteiger partial charge is 0.313 e. The Morgan fingerprint density at radius 2 is 1.67 bits per heavy atom. The van der Waals surface area contributed by atoms with Crippen LogP contribution in [0.5, 0.6) is 0 Å². The van der Waals surface area contributed by atoms with Gasteiger partial charge in [0.2, 0.25) is 5.91 Å². The van der Waals surface area contributed by atoms with Crippen LogP contribution in [0.25, 0.3) is 0 Å². The molecule has 6 nitrogen and oxygen atoms in total. The van der Waals surface area contributed by atoms with Crippen LogP contribution in [0.15, 0.2) is 54.6 Å². The number of amides is 2. The molecule has 0 aliphatic rings. The molecule has 6 heteroatoms. The first kappa shape index (κ1) is 23.1. The second-order valence-corrected chi connectivity index (χ2v) is 7.16. The van der Waals surface area contributed by atoms with Crippen molar-refractivity contribution < 1.29 is 19.1 Å². The standard InChI is InChI=1S/C24H30N2O4/c1-4-15-26(16-22(27)25-21-14-10-9-11-18(21)3)23(28)17-30-24(29)20(5-2)19-12-7-6-8-13-19/h6-14,20H,4-5,15-17H2,1-3H3,(H,25,27). The fourth-order valence-electron chi connectivity index (χ4n) is 3.19. The highest BCUT2D eigenvalue weighted by atomic mass is 16.5. The summed E-state index contributed by atoms with van der Waals surface area (Å²) in [4.78, 5) is 38.9. The molecule has 0 saturated carbocycles. The van der Waals surface area contributed by atoms with Crippen molar-refractivity contribution in [2.45, 2.75) is 39.5 Å². The minimum Gasteiger partial charge on any atom is -0.455 e. The van der Waals surface area contributed by atoms with Crippen molar-refractivity contribution in [1.82, 2.24) is 4.90 Å². The molecule has 1 atom stereocenters. The average molecular weight is 411 g/mol. The zero-order valence-electron chi connectivity index (χ0n) is 17.9. The number of esters is 1. The highest BCUT2D eigenvalue weighted by Crippen LogP contribution is 2.20. The van der Waals surface area contributed by atoms with Crippen molar-refractivity contribution in [3.05, 3.63) is 65.7 Å². The maximum absolute atomic E-state index is 12.6. The lowest BCUT2D eigenvalue weighted by Gasteiger charge is -2.22. The summed E-state index contributed by atoms with van der Waals surface area (Å²) in [5.74, 6) is -1.51. The van der Waals surface area contributed by atoms with Gasteiger partial charge in [-0.3, -0.25) is 14.4 Å². The summed E-state index contributed by atoms with van der Waals surface area (Å²) in [5.41, 5.74) is 2.52. The van der Waals surface area contributed by atoms with E-state index in [1.807, 2.05) is 75.4 Å². The lowest BCUT2D eigenvalue weighted by atomic mass is 9.97. The summed E-state index contributed by atoms with van der Waals surface area (Å²) in [5, 5.41) is 2.83. The van der Waals surface area contributed by atoms with Crippen molar-refractivity contribution in [2.24, 2.45) is 0 Å². The summed E-state index contributed by atoms with van der Waals surface area (Å²) < 4.78 is 5.30. The molecule has 0 aliphatic heterocycles. The number of ether oxygens (including phenoxy) is 1. The molecule has 2 aromatic rings. The second kappa shape index (κ2) is 11.8. The van der Waals surface area contributed by atoms with E-state index in [-0.39, 0.29) is 25.0 Å². The minimum atomic E-state index is -0.433. The minimum absolute atomic E-state index is 0.0888. The van der Waals surface area contributed by atoms with Crippen molar-refractivity contribution in [1.29, 1.82) is 0 Å². The van der Waals surface area contributed by atoms with Crippen LogP contribution < -0.4 is 5.32 Å². The molecule has 1 unspecified atom stereocenters. The van der Waals surface area contributed by atoms with Gasteiger partial charge in [0.25, 0.3) is 5.91 Å². The second-order valence-electron chi connectivity index (χ2n) is 7.16. The molecule has 0 fully saturated rings. The van der Waals surface area contributed by atoms with E-state index in [9.17, 15) is 14.4 Å². The Labute approximate surface area is 178 Å². The number of hydrogen-bond acceptors (Lipinski definition) is 4. The molecule has 0 saturated heterocycles. The predicted molar refractivity (Wildman–Crippen MR) is 117 cm³/mol. The van der Waals surface area contributed by atoms with Gasteiger partial charge in [-0.15, -0.1) is 0 Å². The number of nitrogens with one attached hydrogen (secondary N) is 1. The molecule has 0 radical (unpaired) electrons. The molecule has 160 valence electrons. The van der Waals surface area contributed by atoms with E-state index >= 15 is 0 Å². The summed E-state index contributed by atoms with van der Waals surface area (Å²) in [7, 11) is 0. The van der Waals surface area contributed by atoms with Gasteiger partial charge < -0.3 is 15.0 Å². The maximum atomic E-state index is 12.6. The first-order chi connectivity index (χ1) is 14.5. The molecule has 0 heterocycles. The largest absolute Gasteiger partial charge is 0.455 e. The molecule has 0 bridgehead atoms. The molecular formula is C24H30N2O4. The Hall–Kier alpha value is -3.15. The van der Waals surface area contributed by atoms with Crippen LogP contribution in [-0.4, -0.2) is 42.4 Å². The Kier molecular flexibility index (Phi) is 9.06. The zero-order valence-corrected chi connectivity index (χ0v) is 17.9. The third kappa shape index (κ3) is 6.72. The van der Waals surface area contributed by atoms with E-state index in [1.165, 1.54) is 4.90 Å². The fourth-order valence-corrected chi connectivity index (χ4v) is 3.19. The van der Waals surface area contributed by atoms with E-state index in [0.29, 0.717) is 25.1 Å². The zero-order chi connectivity index (χ0) is 21.9. The number of para-hydroxylation sites is 1. The third-order valence-electron chi connectivity index (χ3n) is 4.83. The normalized spacial score (nSPS) is 11.4. The van der Waals surface area contributed by atoms with Gasteiger partial charge in [-0.1, -0.05) is 62.4 Å². The SMILES string of the molecule is CCCN(CC(=O)Nc1ccccc1C)C(=O)COC(=O)C(CC)c1ccccc1. The highest BCUT2D eigenvalue weighted by molar-refractivity contribution is 5.95. The van der Waals surface area contributed by atoms with Crippen LogP contribution in [-0.2, 0) is 19.1 Å². The van der Waals surface area contributed by atoms with Crippen LogP contribution >= 0.6 is 0 Å². The number of rotatable bonds is 10. The van der Waals surface area contributed by atoms with Gasteiger partial charge in [0.1, 0.15) is 0 Å². The summed E-state index contributed by atoms with van der Waals surface area (Å²) in [6, 6.07) is 16.8. The monoisotopic (exact) mass is 410 g/mol. The van der Waals surface area contributed by atoms with Gasteiger partial charge in [-0.2, -0.15) is 0 Å². The van der Waals surface area contributed by atoms with Gasteiger partial charge in [0.15, 0.2) is 6.61 Å². The average Bonchev–Trinajstić information content (AvgIpc) is 2.74. The summed E-state index contributed by atoms with van der Waals surface area (Å²) in [6.45, 7) is 5.68. The number of hydrogen-bond donors (Lipinski definition) is 1. The van der Waals surface area contributed by atoms with E-state index in [0.717, 1.165) is 11.1 Å². The van der Waals surface area contributed by atoms with E-state index in [4.69, 9.17) is 4.74 Å². The Balaban J connectivity index is 1.93. The van der Waals surface area contributed by atoms with Gasteiger partial charge in [0, 0.05) is 12.2 Å². The number of anilines is 1. The lowest BCUT2D eigenvalue weighted by Crippen LogP contribution is -2.41. The first-order valence-electron chi connectivity index (χ1n) is 10.3. The lowest BCUT2D eigenvalue weighted by molar-refractivity contribution is -0.153. The molecule has 0 spiro atoms. The number of aryl methyl sites for hydroxylation is 1. The molecule has 0 aliphatic carbocycles. The van der Waals surface area contributed by atoms with Crippen LogP contribution in [0.4, 0.5) is 5.69 Å². The third-order valence-corrected chi connectivity index (χ3v) is 4.83. The van der Waals surface area contributed by atoms with Crippen LogP contribution in [0.1, 0.15) is 43.7 Å². The van der Waals surface area contributed by atoms with E-state index in [1.54, 1.807) is 0 Å². The van der Waals surface area contributed by atoms with Crippen molar-refractivity contribution >= 4 is 23.5 Å². The molecule has 30 heavy (non-hydrogen) atoms. The van der Waals surface area contributed by atoms with E-state index in [2.05, 4.69) is 5.32 Å². The summed E-state index contributed by atoms with van der Waals surface area (Å²) in [6.07, 6.45) is 1.27. The Bertz CT molecular complexity index is 851. The number of benzene rings is 2. The van der Waals surface area contributed by atoms with Gasteiger partial charge in [-0.05, 0) is 37.0 Å². The van der Waals surface area contributed by atoms with Crippen LogP contribution in [0.2, 0.25) is 0 Å². The van der Waals surface area contributed by atoms with Gasteiger partial charge in [-0.25, -0.2) is 0 Å². The van der Waals surface area contributed by atoms with E-state index < -0.39 is 11.9 Å². The quantitative estimate of drug-likeness (QED) is 0.603. The molecule has 0 aromatic heterocycles. The van der Waals surface area contributed by atoms with Crippen molar-refractivity contribution in [3.8, 4) is 0 Å². The molecular weight excluding hydrogens is 380 g/mol. The molecule has 2 rings (SSSR count). The van der Waals surface area contributed by atoms with Gasteiger partial charge in [0.05, 0.1) is 12.5 Å². The van der Waals surface area contributed by atoms with Crippen LogP contribution in [0.3, 0.4) is 0 Å². The number of carbonyl (C=O) groups is 3.